The molecule has 0 spiro atoms. The number of anilines is 1. The number of nitrogens with one attached hydrogen (secondary N) is 2. The summed E-state index contributed by atoms with van der Waals surface area (Å²) in [4.78, 5) is 33.4. The second-order valence-electron chi connectivity index (χ2n) is 14.0. The molecule has 53 heavy (non-hydrogen) atoms. The van der Waals surface area contributed by atoms with Gasteiger partial charge in [-0.2, -0.15) is 32.4 Å². The van der Waals surface area contributed by atoms with Crippen LogP contribution in [0.2, 0.25) is 0 Å². The number of halogens is 7. The van der Waals surface area contributed by atoms with Crippen LogP contribution in [0.4, 0.5) is 41.2 Å². The molecule has 19 heteroatoms. The Hall–Kier alpha value is -5.49. The second-order valence-corrected chi connectivity index (χ2v) is 14.0. The van der Waals surface area contributed by atoms with Crippen LogP contribution in [0.3, 0.4) is 0 Å². The topological polar surface area (TPSA) is 134 Å². The van der Waals surface area contributed by atoms with Crippen molar-refractivity contribution in [3.05, 3.63) is 72.6 Å². The second kappa shape index (κ2) is 14.9. The number of amides is 2. The van der Waals surface area contributed by atoms with E-state index in [1.165, 1.54) is 17.2 Å². The molecule has 2 N–H and O–H groups in total. The molecule has 4 aromatic rings. The Balaban J connectivity index is 1.57. The summed E-state index contributed by atoms with van der Waals surface area (Å²) in [5.41, 5.74) is -1.67. The zero-order chi connectivity index (χ0) is 39.0. The number of nitrogens with zero attached hydrogens (tertiary/aromatic N) is 7. The van der Waals surface area contributed by atoms with Gasteiger partial charge in [-0.15, -0.1) is 0 Å². The lowest BCUT2D eigenvalue weighted by molar-refractivity contribution is -0.129. The molecular formula is C34H36F7N9O3. The van der Waals surface area contributed by atoms with Gasteiger partial charge in [-0.3, -0.25) is 20.0 Å². The van der Waals surface area contributed by atoms with E-state index >= 15 is 4.39 Å². The summed E-state index contributed by atoms with van der Waals surface area (Å²) >= 11 is 0. The maximum atomic E-state index is 15.2. The summed E-state index contributed by atoms with van der Waals surface area (Å²) in [6.45, 7) is 0.958. The van der Waals surface area contributed by atoms with E-state index in [0.717, 1.165) is 43.4 Å². The molecule has 1 saturated heterocycles. The molecule has 0 aliphatic carbocycles. The molecule has 5 rings (SSSR count). The molecule has 0 saturated carbocycles. The fraction of sp³-hybridized carbons (Fsp3) is 0.412. The lowest BCUT2D eigenvalue weighted by atomic mass is 9.87. The number of carbonyl (C=O) groups excluding carboxylic acids is 2. The Kier molecular flexibility index (Phi) is 10.9. The molecule has 1 aliphatic rings. The number of alkyl carbamates (subject to hydrolysis) is 1. The van der Waals surface area contributed by atoms with Gasteiger partial charge >= 0.3 is 19.2 Å². The minimum absolute atomic E-state index is 0.0204. The highest BCUT2D eigenvalue weighted by Crippen LogP contribution is 2.39. The smallest absolute Gasteiger partial charge is 0.407 e. The fourth-order valence-corrected chi connectivity index (χ4v) is 5.74. The van der Waals surface area contributed by atoms with Crippen molar-refractivity contribution in [1.29, 1.82) is 5.41 Å². The highest BCUT2D eigenvalue weighted by atomic mass is 19.3. The maximum Gasteiger partial charge on any atom is 0.407 e. The summed E-state index contributed by atoms with van der Waals surface area (Å²) in [7, 11) is 0. The summed E-state index contributed by atoms with van der Waals surface area (Å²) in [5, 5.41) is 18.4. The van der Waals surface area contributed by atoms with Crippen molar-refractivity contribution in [2.24, 2.45) is 5.41 Å². The first-order chi connectivity index (χ1) is 24.8. The Bertz CT molecular complexity index is 1960. The lowest BCUT2D eigenvalue weighted by Gasteiger charge is -2.30. The van der Waals surface area contributed by atoms with Crippen LogP contribution in [0.25, 0.3) is 22.5 Å². The van der Waals surface area contributed by atoms with Crippen molar-refractivity contribution in [2.45, 2.75) is 78.2 Å². The Morgan fingerprint density at radius 3 is 2.23 bits per heavy atom. The van der Waals surface area contributed by atoms with Gasteiger partial charge in [0.25, 0.3) is 12.3 Å². The summed E-state index contributed by atoms with van der Waals surface area (Å²) in [6, 6.07) is 7.14. The zero-order valence-corrected chi connectivity index (χ0v) is 29.1. The zero-order valence-electron chi connectivity index (χ0n) is 29.1. The van der Waals surface area contributed by atoms with Gasteiger partial charge < -0.3 is 10.1 Å². The van der Waals surface area contributed by atoms with E-state index < -0.39 is 84.3 Å². The average Bonchev–Trinajstić information content (AvgIpc) is 3.81. The monoisotopic (exact) mass is 751 g/mol. The summed E-state index contributed by atoms with van der Waals surface area (Å²) < 4.78 is 102. The van der Waals surface area contributed by atoms with Gasteiger partial charge in [-0.05, 0) is 61.1 Å². The Labute approximate surface area is 299 Å². The van der Waals surface area contributed by atoms with Crippen molar-refractivity contribution in [1.82, 2.24) is 34.8 Å². The molecule has 12 nitrogen and oxygen atoms in total. The van der Waals surface area contributed by atoms with E-state index in [-0.39, 0.29) is 16.7 Å². The van der Waals surface area contributed by atoms with E-state index in [4.69, 9.17) is 4.74 Å². The minimum Gasteiger partial charge on any atom is -0.447 e. The van der Waals surface area contributed by atoms with Crippen LogP contribution in [-0.2, 0) is 9.53 Å². The number of hydrogen-bond acceptors (Lipinski definition) is 7. The summed E-state index contributed by atoms with van der Waals surface area (Å²) in [6.07, 6.45) is -0.854. The number of guanidine groups is 1. The molecule has 1 aliphatic heterocycles. The predicted octanol–water partition coefficient (Wildman–Crippen LogP) is 7.64. The third kappa shape index (κ3) is 8.28. The summed E-state index contributed by atoms with van der Waals surface area (Å²) in [5.74, 6) is -2.58. The molecule has 2 amide bonds. The number of ether oxygens (including phenoxy) is 1. The molecule has 0 radical (unpaired) electrons. The van der Waals surface area contributed by atoms with Crippen LogP contribution in [0.5, 0.6) is 0 Å². The SMILES string of the molecule is CC(C)(C)C[C@H]1C(=O)N([C@H](COC(=O)NC(C)(C)C(F)F)c2ccc(F)c(-c3ncnn3C(F)F)c2)C(=N)N1c1ccc(-c2cnn(C(F)F)c2)cc1. The van der Waals surface area contributed by atoms with Crippen molar-refractivity contribution in [2.75, 3.05) is 11.5 Å². The lowest BCUT2D eigenvalue weighted by Crippen LogP contribution is -2.49. The molecule has 3 heterocycles. The molecule has 1 fully saturated rings. The Morgan fingerprint density at radius 2 is 1.64 bits per heavy atom. The van der Waals surface area contributed by atoms with Crippen LogP contribution in [0.1, 0.15) is 65.7 Å². The number of aromatic nitrogens is 5. The van der Waals surface area contributed by atoms with Gasteiger partial charge in [-0.25, -0.2) is 27.6 Å². The highest BCUT2D eigenvalue weighted by molar-refractivity contribution is 6.15. The number of benzene rings is 2. The quantitative estimate of drug-likeness (QED) is 0.142. The van der Waals surface area contributed by atoms with Crippen LogP contribution in [-0.4, -0.2) is 72.0 Å². The van der Waals surface area contributed by atoms with Crippen LogP contribution >= 0.6 is 0 Å². The predicted molar refractivity (Wildman–Crippen MR) is 178 cm³/mol. The molecule has 2 aromatic heterocycles. The molecule has 2 aromatic carbocycles. The van der Waals surface area contributed by atoms with Gasteiger partial charge in [0.2, 0.25) is 5.96 Å². The van der Waals surface area contributed by atoms with Gasteiger partial charge in [0.15, 0.2) is 5.82 Å². The van der Waals surface area contributed by atoms with E-state index in [1.807, 2.05) is 26.1 Å². The number of hydrogen-bond donors (Lipinski definition) is 2. The van der Waals surface area contributed by atoms with Crippen molar-refractivity contribution >= 4 is 23.6 Å². The van der Waals surface area contributed by atoms with Crippen LogP contribution in [0, 0.1) is 16.6 Å². The first-order valence-electron chi connectivity index (χ1n) is 16.1. The highest BCUT2D eigenvalue weighted by Gasteiger charge is 2.48. The third-order valence-electron chi connectivity index (χ3n) is 8.40. The molecule has 2 atom stereocenters. The maximum absolute atomic E-state index is 15.2. The fourth-order valence-electron chi connectivity index (χ4n) is 5.74. The minimum atomic E-state index is -3.19. The van der Waals surface area contributed by atoms with E-state index in [9.17, 15) is 41.3 Å². The van der Waals surface area contributed by atoms with Gasteiger partial charge in [0.05, 0.1) is 23.3 Å². The first kappa shape index (κ1) is 38.7. The average molecular weight is 752 g/mol. The van der Waals surface area contributed by atoms with Gasteiger partial charge in [0, 0.05) is 17.4 Å². The standard InChI is InChI=1S/C34H36F7N9O3/c1-33(2,3)13-24-27(51)49(31(42)48(24)21-9-6-18(7-10-21)20-14-44-47(15-20)29(38)39)25(16-53-32(52)46-34(4,5)28(36)37)19-8-11-23(35)22(12-19)26-43-17-45-50(26)30(40)41/h6-12,14-15,17,24-25,28-30,42H,13,16H2,1-5H3,(H,46,52)/t24-,25+/m0/s1. The number of carbonyl (C=O) groups is 2. The van der Waals surface area contributed by atoms with E-state index in [1.54, 1.807) is 24.3 Å². The van der Waals surface area contributed by atoms with E-state index in [0.29, 0.717) is 21.5 Å². The molecular weight excluding hydrogens is 715 g/mol. The molecule has 284 valence electrons. The third-order valence-corrected chi connectivity index (χ3v) is 8.40. The van der Waals surface area contributed by atoms with Gasteiger partial charge in [0.1, 0.15) is 24.8 Å². The Morgan fingerprint density at radius 1 is 0.962 bits per heavy atom. The molecule has 0 bridgehead atoms. The van der Waals surface area contributed by atoms with Crippen LogP contribution in [0.15, 0.2) is 61.2 Å². The van der Waals surface area contributed by atoms with Crippen molar-refractivity contribution in [3.63, 3.8) is 0 Å². The van der Waals surface area contributed by atoms with Crippen molar-refractivity contribution < 1.29 is 45.1 Å². The number of rotatable bonds is 12. The van der Waals surface area contributed by atoms with Gasteiger partial charge in [-0.1, -0.05) is 39.0 Å². The van der Waals surface area contributed by atoms with Crippen molar-refractivity contribution in [3.8, 4) is 22.5 Å². The molecule has 0 unspecified atom stereocenters. The first-order valence-corrected chi connectivity index (χ1v) is 16.1. The normalized spacial score (nSPS) is 16.0. The largest absolute Gasteiger partial charge is 0.447 e. The number of alkyl halides is 6. The van der Waals surface area contributed by atoms with E-state index in [2.05, 4.69) is 15.2 Å². The van der Waals surface area contributed by atoms with Crippen LogP contribution < -0.4 is 10.2 Å².